The van der Waals surface area contributed by atoms with Crippen molar-refractivity contribution >= 4 is 17.6 Å². The van der Waals surface area contributed by atoms with Crippen molar-refractivity contribution in [3.63, 3.8) is 0 Å². The zero-order chi connectivity index (χ0) is 19.9. The summed E-state index contributed by atoms with van der Waals surface area (Å²) in [6.07, 6.45) is 5.04. The van der Waals surface area contributed by atoms with Gasteiger partial charge in [-0.05, 0) is 55.7 Å². The summed E-state index contributed by atoms with van der Waals surface area (Å²) in [6, 6.07) is 8.84. The highest BCUT2D eigenvalue weighted by molar-refractivity contribution is 5.92. The minimum Gasteiger partial charge on any atom is -0.455 e. The standard InChI is InChI=1S/C21H26N4O3/c1-3-10-24-11-5-12-25(15-20(24)26)21(27)23-17-7-8-19(16(2)13-17)28-18-6-4-9-22-14-18/h4,6-9,13-14H,3,5,10-12,15H2,1-2H3,(H,23,27). The molecule has 7 nitrogen and oxygen atoms in total. The first-order valence-electron chi connectivity index (χ1n) is 9.59. The fourth-order valence-corrected chi connectivity index (χ4v) is 3.18. The molecule has 1 aliphatic heterocycles. The lowest BCUT2D eigenvalue weighted by Crippen LogP contribution is -2.41. The summed E-state index contributed by atoms with van der Waals surface area (Å²) in [7, 11) is 0. The van der Waals surface area contributed by atoms with Crippen molar-refractivity contribution in [1.82, 2.24) is 14.8 Å². The van der Waals surface area contributed by atoms with E-state index < -0.39 is 0 Å². The molecule has 0 atom stereocenters. The highest BCUT2D eigenvalue weighted by Gasteiger charge is 2.24. The fraction of sp³-hybridized carbons (Fsp3) is 0.381. The maximum absolute atomic E-state index is 12.6. The SMILES string of the molecule is CCCN1CCCN(C(=O)Nc2ccc(Oc3cccnc3)c(C)c2)CC1=O. The minimum absolute atomic E-state index is 0.00546. The van der Waals surface area contributed by atoms with E-state index in [1.54, 1.807) is 23.4 Å². The van der Waals surface area contributed by atoms with Crippen LogP contribution in [0, 0.1) is 6.92 Å². The number of rotatable bonds is 5. The molecule has 1 aromatic heterocycles. The molecule has 1 fully saturated rings. The zero-order valence-corrected chi connectivity index (χ0v) is 16.4. The van der Waals surface area contributed by atoms with Crippen molar-refractivity contribution in [2.45, 2.75) is 26.7 Å². The predicted molar refractivity (Wildman–Crippen MR) is 108 cm³/mol. The third-order valence-corrected chi connectivity index (χ3v) is 4.60. The lowest BCUT2D eigenvalue weighted by molar-refractivity contribution is -0.130. The van der Waals surface area contributed by atoms with Gasteiger partial charge >= 0.3 is 6.03 Å². The second-order valence-electron chi connectivity index (χ2n) is 6.86. The number of carbonyl (C=O) groups excluding carboxylic acids is 2. The molecule has 3 amide bonds. The van der Waals surface area contributed by atoms with E-state index in [-0.39, 0.29) is 18.5 Å². The molecule has 7 heteroatoms. The third-order valence-electron chi connectivity index (χ3n) is 4.60. The van der Waals surface area contributed by atoms with Crippen LogP contribution in [0.1, 0.15) is 25.3 Å². The van der Waals surface area contributed by atoms with E-state index in [0.29, 0.717) is 30.3 Å². The number of hydrogen-bond donors (Lipinski definition) is 1. The summed E-state index contributed by atoms with van der Waals surface area (Å²) in [6.45, 7) is 6.10. The van der Waals surface area contributed by atoms with Gasteiger partial charge in [0.1, 0.15) is 18.0 Å². The molecule has 0 aliphatic carbocycles. The molecule has 0 unspecified atom stereocenters. The van der Waals surface area contributed by atoms with Gasteiger partial charge < -0.3 is 19.9 Å². The molecule has 1 saturated heterocycles. The summed E-state index contributed by atoms with van der Waals surface area (Å²) in [4.78, 5) is 32.4. The van der Waals surface area contributed by atoms with Crippen LogP contribution in [0.2, 0.25) is 0 Å². The Kier molecular flexibility index (Phi) is 6.47. The molecule has 28 heavy (non-hydrogen) atoms. The second-order valence-corrected chi connectivity index (χ2v) is 6.86. The molecule has 0 saturated carbocycles. The van der Waals surface area contributed by atoms with Crippen molar-refractivity contribution in [1.29, 1.82) is 0 Å². The first-order chi connectivity index (χ1) is 13.6. The normalized spacial score (nSPS) is 14.6. The number of nitrogens with zero attached hydrogens (tertiary/aromatic N) is 3. The number of hydrogen-bond acceptors (Lipinski definition) is 4. The Bertz CT molecular complexity index is 826. The average Bonchev–Trinajstić information content (AvgIpc) is 2.87. The van der Waals surface area contributed by atoms with Gasteiger partial charge in [-0.25, -0.2) is 4.79 Å². The van der Waals surface area contributed by atoms with E-state index in [2.05, 4.69) is 10.3 Å². The van der Waals surface area contributed by atoms with Gasteiger partial charge in [0.05, 0.1) is 6.20 Å². The van der Waals surface area contributed by atoms with E-state index in [9.17, 15) is 9.59 Å². The summed E-state index contributed by atoms with van der Waals surface area (Å²) < 4.78 is 5.81. The van der Waals surface area contributed by atoms with Crippen LogP contribution in [0.15, 0.2) is 42.7 Å². The molecule has 0 bridgehead atoms. The van der Waals surface area contributed by atoms with E-state index >= 15 is 0 Å². The summed E-state index contributed by atoms with van der Waals surface area (Å²) in [5.74, 6) is 1.36. The van der Waals surface area contributed by atoms with Crippen LogP contribution >= 0.6 is 0 Å². The van der Waals surface area contributed by atoms with Crippen molar-refractivity contribution < 1.29 is 14.3 Å². The number of amides is 3. The molecule has 2 aromatic rings. The van der Waals surface area contributed by atoms with E-state index in [1.807, 2.05) is 43.0 Å². The first-order valence-corrected chi connectivity index (χ1v) is 9.59. The molecule has 1 aromatic carbocycles. The summed E-state index contributed by atoms with van der Waals surface area (Å²) in [5.41, 5.74) is 1.56. The molecule has 1 aliphatic rings. The van der Waals surface area contributed by atoms with Gasteiger partial charge in [-0.3, -0.25) is 9.78 Å². The number of nitrogens with one attached hydrogen (secondary N) is 1. The average molecular weight is 382 g/mol. The largest absolute Gasteiger partial charge is 0.455 e. The van der Waals surface area contributed by atoms with E-state index in [4.69, 9.17) is 4.74 Å². The Morgan fingerprint density at radius 1 is 1.29 bits per heavy atom. The number of aromatic nitrogens is 1. The Morgan fingerprint density at radius 3 is 2.86 bits per heavy atom. The van der Waals surface area contributed by atoms with Crippen LogP contribution in [0.25, 0.3) is 0 Å². The number of pyridine rings is 1. The van der Waals surface area contributed by atoms with Crippen molar-refractivity contribution in [2.24, 2.45) is 0 Å². The maximum atomic E-state index is 12.6. The van der Waals surface area contributed by atoms with E-state index in [0.717, 1.165) is 24.9 Å². The topological polar surface area (TPSA) is 74.8 Å². The van der Waals surface area contributed by atoms with Crippen LogP contribution in [-0.2, 0) is 4.79 Å². The predicted octanol–water partition coefficient (Wildman–Crippen LogP) is 3.66. The number of benzene rings is 1. The third kappa shape index (κ3) is 5.00. The fourth-order valence-electron chi connectivity index (χ4n) is 3.18. The Morgan fingerprint density at radius 2 is 2.14 bits per heavy atom. The van der Waals surface area contributed by atoms with Gasteiger partial charge in [0.2, 0.25) is 5.91 Å². The van der Waals surface area contributed by atoms with Gasteiger partial charge in [-0.2, -0.15) is 0 Å². The number of ether oxygens (including phenoxy) is 1. The minimum atomic E-state index is -0.257. The van der Waals surface area contributed by atoms with Crippen molar-refractivity contribution in [3.8, 4) is 11.5 Å². The highest BCUT2D eigenvalue weighted by atomic mass is 16.5. The van der Waals surface area contributed by atoms with Gasteiger partial charge in [0, 0.05) is 31.5 Å². The Balaban J connectivity index is 1.62. The van der Waals surface area contributed by atoms with Crippen LogP contribution in [-0.4, -0.2) is 52.9 Å². The molecule has 2 heterocycles. The molecule has 148 valence electrons. The maximum Gasteiger partial charge on any atom is 0.322 e. The van der Waals surface area contributed by atoms with E-state index in [1.165, 1.54) is 0 Å². The smallest absolute Gasteiger partial charge is 0.322 e. The van der Waals surface area contributed by atoms with Crippen LogP contribution in [0.4, 0.5) is 10.5 Å². The lowest BCUT2D eigenvalue weighted by Gasteiger charge is -2.22. The van der Waals surface area contributed by atoms with Crippen molar-refractivity contribution in [3.05, 3.63) is 48.3 Å². The number of urea groups is 1. The molecule has 1 N–H and O–H groups in total. The summed E-state index contributed by atoms with van der Waals surface area (Å²) >= 11 is 0. The second kappa shape index (κ2) is 9.21. The molecule has 0 spiro atoms. The molecular formula is C21H26N4O3. The number of carbonyl (C=O) groups is 2. The number of aryl methyl sites for hydroxylation is 1. The number of anilines is 1. The van der Waals surface area contributed by atoms with Gasteiger partial charge in [-0.15, -0.1) is 0 Å². The Labute approximate surface area is 165 Å². The Hall–Kier alpha value is -3.09. The first kappa shape index (κ1) is 19.7. The van der Waals surface area contributed by atoms with Crippen LogP contribution < -0.4 is 10.1 Å². The van der Waals surface area contributed by atoms with Gasteiger partial charge in [-0.1, -0.05) is 6.92 Å². The van der Waals surface area contributed by atoms with Gasteiger partial charge in [0.15, 0.2) is 0 Å². The zero-order valence-electron chi connectivity index (χ0n) is 16.4. The molecule has 3 rings (SSSR count). The molecule has 0 radical (unpaired) electrons. The molecular weight excluding hydrogens is 356 g/mol. The van der Waals surface area contributed by atoms with Crippen LogP contribution in [0.3, 0.4) is 0 Å². The van der Waals surface area contributed by atoms with Gasteiger partial charge in [0.25, 0.3) is 0 Å². The lowest BCUT2D eigenvalue weighted by atomic mass is 10.2. The summed E-state index contributed by atoms with van der Waals surface area (Å²) in [5, 5.41) is 2.89. The van der Waals surface area contributed by atoms with Crippen molar-refractivity contribution in [2.75, 3.05) is 31.5 Å². The monoisotopic (exact) mass is 382 g/mol. The quantitative estimate of drug-likeness (QED) is 0.856. The highest BCUT2D eigenvalue weighted by Crippen LogP contribution is 2.27. The van der Waals surface area contributed by atoms with Crippen LogP contribution in [0.5, 0.6) is 11.5 Å².